The number of hydrogen-bond donors (Lipinski definition) is 0. The molecule has 0 unspecified atom stereocenters. The molecule has 2 fully saturated rings. The Kier molecular flexibility index (Phi) is 2.96. The van der Waals surface area contributed by atoms with Crippen molar-refractivity contribution in [3.8, 4) is 6.07 Å². The maximum atomic E-state index is 11.8. The number of rotatable bonds is 0. The van der Waals surface area contributed by atoms with Gasteiger partial charge < -0.3 is 0 Å². The lowest BCUT2D eigenvalue weighted by molar-refractivity contribution is -0.116. The second-order valence-electron chi connectivity index (χ2n) is 8.44. The van der Waals surface area contributed by atoms with Crippen LogP contribution in [0, 0.1) is 45.8 Å². The molecule has 4 aliphatic carbocycles. The molecular formula is C20H25NO. The van der Waals surface area contributed by atoms with E-state index in [0.29, 0.717) is 30.0 Å². The van der Waals surface area contributed by atoms with Gasteiger partial charge in [-0.15, -0.1) is 0 Å². The predicted octanol–water partition coefficient (Wildman–Crippen LogP) is 4.43. The van der Waals surface area contributed by atoms with Gasteiger partial charge in [0, 0.05) is 6.42 Å². The molecule has 116 valence electrons. The quantitative estimate of drug-likeness (QED) is 0.663. The second kappa shape index (κ2) is 4.57. The second-order valence-corrected chi connectivity index (χ2v) is 8.44. The molecule has 4 rings (SSSR count). The molecule has 4 aliphatic rings. The van der Waals surface area contributed by atoms with Crippen LogP contribution in [0.4, 0.5) is 0 Å². The Hall–Kier alpha value is -1.36. The molecule has 2 heteroatoms. The first-order chi connectivity index (χ1) is 10.5. The first-order valence-corrected chi connectivity index (χ1v) is 8.82. The molecule has 0 spiro atoms. The normalized spacial score (nSPS) is 49.7. The van der Waals surface area contributed by atoms with Crippen LogP contribution in [-0.2, 0) is 4.79 Å². The smallest absolute Gasteiger partial charge is 0.156 e. The molecule has 22 heavy (non-hydrogen) atoms. The zero-order valence-electron chi connectivity index (χ0n) is 13.6. The first kappa shape index (κ1) is 14.2. The van der Waals surface area contributed by atoms with E-state index >= 15 is 0 Å². The summed E-state index contributed by atoms with van der Waals surface area (Å²) in [5.74, 6) is 2.45. The molecule has 0 heterocycles. The lowest BCUT2D eigenvalue weighted by Crippen LogP contribution is -2.48. The summed E-state index contributed by atoms with van der Waals surface area (Å²) in [6.07, 6.45) is 12.9. The maximum absolute atomic E-state index is 11.8. The van der Waals surface area contributed by atoms with Gasteiger partial charge in [0.05, 0.1) is 12.0 Å². The Morgan fingerprint density at radius 3 is 2.77 bits per heavy atom. The molecule has 0 aliphatic heterocycles. The van der Waals surface area contributed by atoms with Crippen molar-refractivity contribution < 1.29 is 4.79 Å². The summed E-state index contributed by atoms with van der Waals surface area (Å²) in [5.41, 5.74) is 1.66. The van der Waals surface area contributed by atoms with Gasteiger partial charge in [0.2, 0.25) is 0 Å². The van der Waals surface area contributed by atoms with Gasteiger partial charge >= 0.3 is 0 Å². The van der Waals surface area contributed by atoms with Crippen molar-refractivity contribution in [1.29, 1.82) is 5.26 Å². The third-order valence-electron chi connectivity index (χ3n) is 7.67. The van der Waals surface area contributed by atoms with Crippen molar-refractivity contribution in [2.75, 3.05) is 0 Å². The summed E-state index contributed by atoms with van der Waals surface area (Å²) in [4.78, 5) is 11.8. The molecule has 0 bridgehead atoms. The Morgan fingerprint density at radius 2 is 2.00 bits per heavy atom. The lowest BCUT2D eigenvalue weighted by atomic mass is 9.49. The minimum absolute atomic E-state index is 0.180. The van der Waals surface area contributed by atoms with Gasteiger partial charge in [-0.2, -0.15) is 5.26 Å². The number of allylic oxidation sites excluding steroid dienone is 4. The van der Waals surface area contributed by atoms with E-state index in [9.17, 15) is 10.1 Å². The first-order valence-electron chi connectivity index (χ1n) is 8.82. The summed E-state index contributed by atoms with van der Waals surface area (Å²) in [6.45, 7) is 4.74. The lowest BCUT2D eigenvalue weighted by Gasteiger charge is -2.55. The van der Waals surface area contributed by atoms with Crippen LogP contribution >= 0.6 is 0 Å². The largest absolute Gasteiger partial charge is 0.295 e. The van der Waals surface area contributed by atoms with Crippen LogP contribution in [0.2, 0.25) is 0 Å². The molecule has 2 nitrogen and oxygen atoms in total. The number of hydrogen-bond acceptors (Lipinski definition) is 2. The zero-order chi connectivity index (χ0) is 15.5. The molecule has 0 amide bonds. The van der Waals surface area contributed by atoms with Crippen molar-refractivity contribution in [2.45, 2.75) is 52.4 Å². The van der Waals surface area contributed by atoms with Crippen LogP contribution in [0.5, 0.6) is 0 Å². The van der Waals surface area contributed by atoms with Crippen LogP contribution in [0.15, 0.2) is 23.8 Å². The van der Waals surface area contributed by atoms with E-state index in [0.717, 1.165) is 12.8 Å². The van der Waals surface area contributed by atoms with Crippen LogP contribution < -0.4 is 0 Å². The number of carbonyl (C=O) groups excluding carboxylic acids is 1. The number of ketones is 1. The van der Waals surface area contributed by atoms with Gasteiger partial charge in [-0.25, -0.2) is 0 Å². The summed E-state index contributed by atoms with van der Waals surface area (Å²) in [7, 11) is 0. The summed E-state index contributed by atoms with van der Waals surface area (Å²) in [5, 5.41) is 9.52. The zero-order valence-corrected chi connectivity index (χ0v) is 13.6. The highest BCUT2D eigenvalue weighted by molar-refractivity contribution is 5.92. The van der Waals surface area contributed by atoms with E-state index in [1.165, 1.54) is 24.8 Å². The molecule has 0 radical (unpaired) electrons. The van der Waals surface area contributed by atoms with Crippen LogP contribution in [0.3, 0.4) is 0 Å². The Bertz CT molecular complexity index is 624. The fraction of sp³-hybridized carbons (Fsp3) is 0.700. The molecule has 0 aromatic rings. The van der Waals surface area contributed by atoms with Crippen LogP contribution in [0.25, 0.3) is 0 Å². The van der Waals surface area contributed by atoms with Gasteiger partial charge in [-0.3, -0.25) is 4.79 Å². The van der Waals surface area contributed by atoms with E-state index in [1.54, 1.807) is 0 Å². The third-order valence-corrected chi connectivity index (χ3v) is 7.67. The summed E-state index contributed by atoms with van der Waals surface area (Å²) in [6, 6.07) is 2.59. The van der Waals surface area contributed by atoms with E-state index in [1.807, 2.05) is 6.08 Å². The molecule has 0 aromatic carbocycles. The maximum Gasteiger partial charge on any atom is 0.156 e. The third kappa shape index (κ3) is 1.69. The number of nitriles is 1. The number of nitrogens with zero attached hydrogens (tertiary/aromatic N) is 1. The Balaban J connectivity index is 1.74. The van der Waals surface area contributed by atoms with Gasteiger partial charge in [0.15, 0.2) is 5.78 Å². The van der Waals surface area contributed by atoms with E-state index in [2.05, 4.69) is 32.1 Å². The topological polar surface area (TPSA) is 40.9 Å². The van der Waals surface area contributed by atoms with E-state index < -0.39 is 0 Å². The SMILES string of the molecule is C[C@]12CC[C@H]3[C@@H](C=CC4=CC(=O)CC[C@@]43C)[C@@H]1CC[C@@H]2C#N. The monoisotopic (exact) mass is 295 g/mol. The van der Waals surface area contributed by atoms with Crippen LogP contribution in [0.1, 0.15) is 52.4 Å². The van der Waals surface area contributed by atoms with Gasteiger partial charge in [0.25, 0.3) is 0 Å². The highest BCUT2D eigenvalue weighted by atomic mass is 16.1. The molecular weight excluding hydrogens is 270 g/mol. The molecule has 0 saturated heterocycles. The van der Waals surface area contributed by atoms with Crippen LogP contribution in [-0.4, -0.2) is 5.78 Å². The average Bonchev–Trinajstić information content (AvgIpc) is 2.84. The van der Waals surface area contributed by atoms with E-state index in [-0.39, 0.29) is 16.7 Å². The summed E-state index contributed by atoms with van der Waals surface area (Å²) >= 11 is 0. The number of carbonyl (C=O) groups is 1. The van der Waals surface area contributed by atoms with Crippen molar-refractivity contribution >= 4 is 5.78 Å². The van der Waals surface area contributed by atoms with Gasteiger partial charge in [-0.05, 0) is 72.3 Å². The standard InChI is InChI=1S/C20H25NO/c1-19-9-7-15(22)11-13(19)3-5-16-17-6-4-14(12-21)20(17,2)10-8-18(16)19/h3,5,11,14,16-18H,4,6-10H2,1-2H3/t14-,16+,17+,18+,19+,20-/m1/s1. The minimum Gasteiger partial charge on any atom is -0.295 e. The van der Waals surface area contributed by atoms with E-state index in [4.69, 9.17) is 0 Å². The fourth-order valence-corrected chi connectivity index (χ4v) is 6.21. The highest BCUT2D eigenvalue weighted by Crippen LogP contribution is 2.64. The Morgan fingerprint density at radius 1 is 1.18 bits per heavy atom. The highest BCUT2D eigenvalue weighted by Gasteiger charge is 2.58. The average molecular weight is 295 g/mol. The van der Waals surface area contributed by atoms with Crippen molar-refractivity contribution in [3.63, 3.8) is 0 Å². The van der Waals surface area contributed by atoms with Gasteiger partial charge in [-0.1, -0.05) is 26.0 Å². The molecule has 6 atom stereocenters. The molecule has 0 aromatic heterocycles. The Labute approximate surface area is 133 Å². The number of fused-ring (bicyclic) bond motifs is 5. The molecule has 2 saturated carbocycles. The van der Waals surface area contributed by atoms with Gasteiger partial charge in [0.1, 0.15) is 0 Å². The van der Waals surface area contributed by atoms with Crippen molar-refractivity contribution in [2.24, 2.45) is 34.5 Å². The fourth-order valence-electron chi connectivity index (χ4n) is 6.21. The minimum atomic E-state index is 0.180. The summed E-state index contributed by atoms with van der Waals surface area (Å²) < 4.78 is 0. The van der Waals surface area contributed by atoms with Crippen molar-refractivity contribution in [3.05, 3.63) is 23.8 Å². The molecule has 0 N–H and O–H groups in total. The predicted molar refractivity (Wildman–Crippen MR) is 85.7 cm³/mol. The van der Waals surface area contributed by atoms with Crippen molar-refractivity contribution in [1.82, 2.24) is 0 Å².